The highest BCUT2D eigenvalue weighted by Crippen LogP contribution is 2.14. The molecule has 0 saturated carbocycles. The third-order valence-electron chi connectivity index (χ3n) is 1.54. The van der Waals surface area contributed by atoms with Gasteiger partial charge in [-0.1, -0.05) is 11.8 Å². The summed E-state index contributed by atoms with van der Waals surface area (Å²) in [6.07, 6.45) is 3.46. The van der Waals surface area contributed by atoms with Crippen LogP contribution in [-0.4, -0.2) is 40.1 Å². The second-order valence-electron chi connectivity index (χ2n) is 2.58. The summed E-state index contributed by atoms with van der Waals surface area (Å²) in [7, 11) is 1.63. The van der Waals surface area contributed by atoms with Crippen LogP contribution in [0.4, 0.5) is 0 Å². The number of nitrogens with zero attached hydrogens (tertiary/aromatic N) is 2. The molecule has 1 N–H and O–H groups in total. The van der Waals surface area contributed by atoms with Crippen molar-refractivity contribution in [2.75, 3.05) is 19.5 Å². The lowest BCUT2D eigenvalue weighted by atomic mass is 10.7. The fraction of sp³-hybridized carbons (Fsp3) is 0.500. The van der Waals surface area contributed by atoms with Crippen molar-refractivity contribution in [3.63, 3.8) is 0 Å². The SMILES string of the molecule is COCCn1ccnc1SCC(=O)O. The molecule has 1 aromatic rings. The smallest absolute Gasteiger partial charge is 0.313 e. The fourth-order valence-corrected chi connectivity index (χ4v) is 1.63. The largest absolute Gasteiger partial charge is 0.481 e. The van der Waals surface area contributed by atoms with Gasteiger partial charge in [0.15, 0.2) is 5.16 Å². The molecule has 1 rings (SSSR count). The normalized spacial score (nSPS) is 10.4. The molecule has 0 aliphatic rings. The van der Waals surface area contributed by atoms with Gasteiger partial charge >= 0.3 is 5.97 Å². The number of aliphatic carboxylic acids is 1. The Labute approximate surface area is 86.1 Å². The van der Waals surface area contributed by atoms with Gasteiger partial charge in [-0.15, -0.1) is 0 Å². The molecule has 0 aliphatic carbocycles. The number of carboxylic acid groups (broad SMARTS) is 1. The standard InChI is InChI=1S/C8H12N2O3S/c1-13-5-4-10-3-2-9-8(10)14-6-7(11)12/h2-3H,4-6H2,1H3,(H,11,12). The first kappa shape index (κ1) is 11.1. The van der Waals surface area contributed by atoms with E-state index in [9.17, 15) is 4.79 Å². The summed E-state index contributed by atoms with van der Waals surface area (Å²) in [5, 5.41) is 9.21. The third kappa shape index (κ3) is 3.39. The fourth-order valence-electron chi connectivity index (χ4n) is 0.922. The van der Waals surface area contributed by atoms with Crippen LogP contribution in [0.2, 0.25) is 0 Å². The first-order chi connectivity index (χ1) is 6.74. The third-order valence-corrected chi connectivity index (χ3v) is 2.53. The molecule has 0 fully saturated rings. The zero-order chi connectivity index (χ0) is 10.4. The topological polar surface area (TPSA) is 64.4 Å². The van der Waals surface area contributed by atoms with E-state index in [2.05, 4.69) is 4.98 Å². The Hall–Kier alpha value is -1.01. The summed E-state index contributed by atoms with van der Waals surface area (Å²) in [4.78, 5) is 14.4. The molecule has 0 aromatic carbocycles. The van der Waals surface area contributed by atoms with Crippen molar-refractivity contribution < 1.29 is 14.6 Å². The maximum absolute atomic E-state index is 10.3. The molecule has 78 valence electrons. The Morgan fingerprint density at radius 1 is 1.79 bits per heavy atom. The van der Waals surface area contributed by atoms with Gasteiger partial charge in [0.25, 0.3) is 0 Å². The monoisotopic (exact) mass is 216 g/mol. The van der Waals surface area contributed by atoms with Crippen molar-refractivity contribution >= 4 is 17.7 Å². The average Bonchev–Trinajstić information content (AvgIpc) is 2.58. The lowest BCUT2D eigenvalue weighted by Crippen LogP contribution is -2.06. The highest BCUT2D eigenvalue weighted by molar-refractivity contribution is 7.99. The molecule has 0 bridgehead atoms. The van der Waals surface area contributed by atoms with Crippen molar-refractivity contribution in [1.82, 2.24) is 9.55 Å². The van der Waals surface area contributed by atoms with Crippen LogP contribution < -0.4 is 0 Å². The summed E-state index contributed by atoms with van der Waals surface area (Å²) in [5.41, 5.74) is 0. The van der Waals surface area contributed by atoms with Gasteiger partial charge in [-0.05, 0) is 0 Å². The summed E-state index contributed by atoms with van der Waals surface area (Å²) >= 11 is 1.21. The van der Waals surface area contributed by atoms with E-state index in [1.165, 1.54) is 11.8 Å². The number of rotatable bonds is 6. The summed E-state index contributed by atoms with van der Waals surface area (Å²) in [6, 6.07) is 0. The van der Waals surface area contributed by atoms with E-state index in [1.807, 2.05) is 10.8 Å². The van der Waals surface area contributed by atoms with Gasteiger partial charge in [0, 0.05) is 26.0 Å². The van der Waals surface area contributed by atoms with Crippen molar-refractivity contribution in [3.8, 4) is 0 Å². The molecule has 14 heavy (non-hydrogen) atoms. The lowest BCUT2D eigenvalue weighted by Gasteiger charge is -2.04. The van der Waals surface area contributed by atoms with E-state index < -0.39 is 5.97 Å². The molecule has 6 heteroatoms. The minimum Gasteiger partial charge on any atom is -0.481 e. The molecule has 0 radical (unpaired) electrons. The molecule has 0 unspecified atom stereocenters. The number of aromatic nitrogens is 2. The lowest BCUT2D eigenvalue weighted by molar-refractivity contribution is -0.133. The van der Waals surface area contributed by atoms with Crippen molar-refractivity contribution in [3.05, 3.63) is 12.4 Å². The predicted octanol–water partition coefficient (Wildman–Crippen LogP) is 0.706. The maximum Gasteiger partial charge on any atom is 0.313 e. The number of methoxy groups -OCH3 is 1. The van der Waals surface area contributed by atoms with Gasteiger partial charge in [0.05, 0.1) is 12.4 Å². The Kier molecular flexibility index (Phi) is 4.48. The number of imidazole rings is 1. The second-order valence-corrected chi connectivity index (χ2v) is 3.52. The highest BCUT2D eigenvalue weighted by Gasteiger charge is 2.05. The van der Waals surface area contributed by atoms with Crippen molar-refractivity contribution in [1.29, 1.82) is 0 Å². The molecule has 1 aromatic heterocycles. The number of hydrogen-bond acceptors (Lipinski definition) is 4. The van der Waals surface area contributed by atoms with Crippen LogP contribution in [0.15, 0.2) is 17.6 Å². The number of carboxylic acids is 1. The molecule has 0 spiro atoms. The second kappa shape index (κ2) is 5.66. The molecule has 1 heterocycles. The minimum atomic E-state index is -0.837. The molecular formula is C8H12N2O3S. The van der Waals surface area contributed by atoms with Crippen molar-refractivity contribution in [2.45, 2.75) is 11.7 Å². The quantitative estimate of drug-likeness (QED) is 0.709. The molecule has 0 aliphatic heterocycles. The number of hydrogen-bond donors (Lipinski definition) is 1. The van der Waals surface area contributed by atoms with Gasteiger partial charge in [-0.2, -0.15) is 0 Å². The molecule has 0 saturated heterocycles. The van der Waals surface area contributed by atoms with E-state index in [4.69, 9.17) is 9.84 Å². The van der Waals surface area contributed by atoms with Gasteiger partial charge in [0.1, 0.15) is 0 Å². The Bertz CT molecular complexity index is 301. The van der Waals surface area contributed by atoms with Gasteiger partial charge in [-0.25, -0.2) is 4.98 Å². The summed E-state index contributed by atoms with van der Waals surface area (Å²) in [6.45, 7) is 1.29. The maximum atomic E-state index is 10.3. The van der Waals surface area contributed by atoms with Crippen LogP contribution in [0.1, 0.15) is 0 Å². The van der Waals surface area contributed by atoms with Crippen LogP contribution in [0.3, 0.4) is 0 Å². The molecular weight excluding hydrogens is 204 g/mol. The number of thioether (sulfide) groups is 1. The minimum absolute atomic E-state index is 0.0317. The van der Waals surface area contributed by atoms with E-state index in [-0.39, 0.29) is 5.75 Å². The van der Waals surface area contributed by atoms with Crippen LogP contribution in [0.25, 0.3) is 0 Å². The van der Waals surface area contributed by atoms with Crippen LogP contribution in [0.5, 0.6) is 0 Å². The summed E-state index contributed by atoms with van der Waals surface area (Å²) < 4.78 is 6.79. The average molecular weight is 216 g/mol. The predicted molar refractivity (Wildman–Crippen MR) is 52.5 cm³/mol. The first-order valence-corrected chi connectivity index (χ1v) is 5.07. The van der Waals surface area contributed by atoms with Crippen LogP contribution in [-0.2, 0) is 16.1 Å². The highest BCUT2D eigenvalue weighted by atomic mass is 32.2. The molecule has 0 amide bonds. The van der Waals surface area contributed by atoms with Gasteiger partial charge in [0.2, 0.25) is 0 Å². The van der Waals surface area contributed by atoms with Gasteiger partial charge in [-0.3, -0.25) is 4.79 Å². The van der Waals surface area contributed by atoms with Crippen LogP contribution >= 0.6 is 11.8 Å². The Morgan fingerprint density at radius 2 is 2.57 bits per heavy atom. The van der Waals surface area contributed by atoms with Gasteiger partial charge < -0.3 is 14.4 Å². The van der Waals surface area contributed by atoms with E-state index in [1.54, 1.807) is 13.3 Å². The van der Waals surface area contributed by atoms with E-state index in [0.29, 0.717) is 18.3 Å². The van der Waals surface area contributed by atoms with E-state index in [0.717, 1.165) is 0 Å². The van der Waals surface area contributed by atoms with Crippen LogP contribution in [0, 0.1) is 0 Å². The summed E-state index contributed by atoms with van der Waals surface area (Å²) in [5.74, 6) is -0.805. The zero-order valence-electron chi connectivity index (χ0n) is 7.84. The number of ether oxygens (including phenoxy) is 1. The zero-order valence-corrected chi connectivity index (χ0v) is 8.66. The Balaban J connectivity index is 2.49. The molecule has 0 atom stereocenters. The number of carbonyl (C=O) groups is 1. The Morgan fingerprint density at radius 3 is 3.21 bits per heavy atom. The first-order valence-electron chi connectivity index (χ1n) is 4.08. The molecule has 5 nitrogen and oxygen atoms in total. The van der Waals surface area contributed by atoms with E-state index >= 15 is 0 Å². The van der Waals surface area contributed by atoms with Crippen molar-refractivity contribution in [2.24, 2.45) is 0 Å².